The Hall–Kier alpha value is -2.10. The number of benzene rings is 1. The molecule has 0 radical (unpaired) electrons. The van der Waals surface area contributed by atoms with Gasteiger partial charge in [0.2, 0.25) is 5.95 Å². The molecule has 0 fully saturated rings. The van der Waals surface area contributed by atoms with Gasteiger partial charge in [0.25, 0.3) is 0 Å². The summed E-state index contributed by atoms with van der Waals surface area (Å²) in [5.74, 6) is 1.54. The van der Waals surface area contributed by atoms with E-state index < -0.39 is 0 Å². The second-order valence-corrected chi connectivity index (χ2v) is 5.61. The van der Waals surface area contributed by atoms with Crippen LogP contribution in [0.4, 0.5) is 17.5 Å². The average molecular weight is 282 g/mol. The second kappa shape index (κ2) is 6.12. The molecule has 0 unspecified atom stereocenters. The van der Waals surface area contributed by atoms with Crippen molar-refractivity contribution in [1.82, 2.24) is 9.97 Å². The van der Waals surface area contributed by atoms with Crippen LogP contribution in [0.1, 0.15) is 36.6 Å². The fourth-order valence-electron chi connectivity index (χ4n) is 2.75. The van der Waals surface area contributed by atoms with Crippen molar-refractivity contribution in [2.75, 3.05) is 17.2 Å². The quantitative estimate of drug-likeness (QED) is 0.875. The first-order valence-corrected chi connectivity index (χ1v) is 7.73. The molecule has 0 saturated heterocycles. The molecule has 1 aromatic carbocycles. The Morgan fingerprint density at radius 1 is 1.10 bits per heavy atom. The maximum absolute atomic E-state index is 4.53. The number of hydrogen-bond donors (Lipinski definition) is 2. The van der Waals surface area contributed by atoms with Gasteiger partial charge >= 0.3 is 0 Å². The maximum Gasteiger partial charge on any atom is 0.224 e. The lowest BCUT2D eigenvalue weighted by Crippen LogP contribution is -2.07. The van der Waals surface area contributed by atoms with Crippen LogP contribution in [0.5, 0.6) is 0 Å². The minimum atomic E-state index is 0.695. The zero-order valence-corrected chi connectivity index (χ0v) is 12.7. The number of hydrogen-bond acceptors (Lipinski definition) is 4. The summed E-state index contributed by atoms with van der Waals surface area (Å²) < 4.78 is 0. The fraction of sp³-hybridized carbons (Fsp3) is 0.412. The number of aromatic nitrogens is 2. The van der Waals surface area contributed by atoms with Gasteiger partial charge in [-0.1, -0.05) is 13.0 Å². The predicted octanol–water partition coefficient (Wildman–Crippen LogP) is 3.84. The Morgan fingerprint density at radius 2 is 1.95 bits per heavy atom. The number of aryl methyl sites for hydroxylation is 3. The van der Waals surface area contributed by atoms with Crippen molar-refractivity contribution >= 4 is 17.5 Å². The molecule has 110 valence electrons. The van der Waals surface area contributed by atoms with Crippen molar-refractivity contribution in [2.45, 2.75) is 39.5 Å². The van der Waals surface area contributed by atoms with E-state index in [1.165, 1.54) is 30.4 Å². The summed E-state index contributed by atoms with van der Waals surface area (Å²) in [5.41, 5.74) is 5.03. The van der Waals surface area contributed by atoms with Gasteiger partial charge in [-0.15, -0.1) is 0 Å². The fourth-order valence-corrected chi connectivity index (χ4v) is 2.75. The number of nitrogens with one attached hydrogen (secondary N) is 2. The monoisotopic (exact) mass is 282 g/mol. The number of nitrogens with zero attached hydrogens (tertiary/aromatic N) is 2. The zero-order chi connectivity index (χ0) is 14.7. The molecule has 1 aliphatic rings. The Labute approximate surface area is 126 Å². The number of anilines is 3. The van der Waals surface area contributed by atoms with Crippen LogP contribution >= 0.6 is 0 Å². The molecule has 0 aliphatic heterocycles. The lowest BCUT2D eigenvalue weighted by Gasteiger charge is -2.10. The molecule has 1 aromatic heterocycles. The van der Waals surface area contributed by atoms with Crippen molar-refractivity contribution < 1.29 is 0 Å². The zero-order valence-electron chi connectivity index (χ0n) is 12.7. The van der Waals surface area contributed by atoms with Crippen LogP contribution in [0, 0.1) is 6.92 Å². The molecule has 4 nitrogen and oxygen atoms in total. The molecule has 0 saturated carbocycles. The van der Waals surface area contributed by atoms with E-state index in [1.807, 2.05) is 13.0 Å². The summed E-state index contributed by atoms with van der Waals surface area (Å²) >= 11 is 0. The van der Waals surface area contributed by atoms with Gasteiger partial charge in [0.15, 0.2) is 0 Å². The Kier molecular flexibility index (Phi) is 4.04. The molecule has 0 amide bonds. The van der Waals surface area contributed by atoms with Gasteiger partial charge in [-0.3, -0.25) is 0 Å². The van der Waals surface area contributed by atoms with E-state index in [1.54, 1.807) is 0 Å². The minimum Gasteiger partial charge on any atom is -0.354 e. The summed E-state index contributed by atoms with van der Waals surface area (Å²) in [7, 11) is 0. The Bertz CT molecular complexity index is 637. The van der Waals surface area contributed by atoms with Gasteiger partial charge in [-0.25, -0.2) is 4.98 Å². The molecule has 4 heteroatoms. The van der Waals surface area contributed by atoms with E-state index in [2.05, 4.69) is 45.7 Å². The highest BCUT2D eigenvalue weighted by molar-refractivity contribution is 5.60. The van der Waals surface area contributed by atoms with Crippen LogP contribution in [-0.4, -0.2) is 16.5 Å². The van der Waals surface area contributed by atoms with Gasteiger partial charge < -0.3 is 10.6 Å². The lowest BCUT2D eigenvalue weighted by molar-refractivity contribution is 0.912. The maximum atomic E-state index is 4.53. The topological polar surface area (TPSA) is 49.8 Å². The summed E-state index contributed by atoms with van der Waals surface area (Å²) in [6.45, 7) is 5.01. The summed E-state index contributed by atoms with van der Waals surface area (Å²) in [5, 5.41) is 6.64. The van der Waals surface area contributed by atoms with Crippen molar-refractivity contribution in [3.63, 3.8) is 0 Å². The molecule has 0 bridgehead atoms. The first-order valence-electron chi connectivity index (χ1n) is 7.73. The molecule has 1 heterocycles. The van der Waals surface area contributed by atoms with Crippen molar-refractivity contribution in [1.29, 1.82) is 0 Å². The minimum absolute atomic E-state index is 0.695. The second-order valence-electron chi connectivity index (χ2n) is 5.61. The molecule has 2 aromatic rings. The molecule has 0 atom stereocenters. The number of rotatable bonds is 5. The van der Waals surface area contributed by atoms with Crippen LogP contribution in [0.25, 0.3) is 0 Å². The largest absolute Gasteiger partial charge is 0.354 e. The highest BCUT2D eigenvalue weighted by Crippen LogP contribution is 2.26. The van der Waals surface area contributed by atoms with Crippen LogP contribution in [0.2, 0.25) is 0 Å². The third-order valence-corrected chi connectivity index (χ3v) is 3.76. The summed E-state index contributed by atoms with van der Waals surface area (Å²) in [6, 6.07) is 8.60. The van der Waals surface area contributed by atoms with Gasteiger partial charge in [0, 0.05) is 24.0 Å². The van der Waals surface area contributed by atoms with Crippen molar-refractivity contribution in [2.24, 2.45) is 0 Å². The normalized spacial score (nSPS) is 13.0. The van der Waals surface area contributed by atoms with Crippen molar-refractivity contribution in [3.8, 4) is 0 Å². The van der Waals surface area contributed by atoms with Gasteiger partial charge in [0.05, 0.1) is 0 Å². The molecule has 1 aliphatic carbocycles. The Balaban J connectivity index is 1.79. The first-order chi connectivity index (χ1) is 10.2. The first kappa shape index (κ1) is 13.9. The van der Waals surface area contributed by atoms with E-state index >= 15 is 0 Å². The standard InChI is InChI=1S/C17H22N4/c1-3-9-18-17-19-12(2)10-16(21-17)20-15-8-7-13-5-4-6-14(13)11-15/h7-8,10-11H,3-6,9H2,1-2H3,(H2,18,19,20,21). The Morgan fingerprint density at radius 3 is 2.81 bits per heavy atom. The smallest absolute Gasteiger partial charge is 0.224 e. The molecule has 21 heavy (non-hydrogen) atoms. The average Bonchev–Trinajstić information content (AvgIpc) is 2.92. The van der Waals surface area contributed by atoms with Crippen LogP contribution in [-0.2, 0) is 12.8 Å². The van der Waals surface area contributed by atoms with E-state index in [4.69, 9.17) is 0 Å². The van der Waals surface area contributed by atoms with E-state index in [9.17, 15) is 0 Å². The van der Waals surface area contributed by atoms with Crippen LogP contribution in [0.3, 0.4) is 0 Å². The third kappa shape index (κ3) is 3.32. The highest BCUT2D eigenvalue weighted by atomic mass is 15.1. The van der Waals surface area contributed by atoms with Crippen molar-refractivity contribution in [3.05, 3.63) is 41.1 Å². The number of fused-ring (bicyclic) bond motifs is 1. The van der Waals surface area contributed by atoms with Gasteiger partial charge in [-0.2, -0.15) is 4.98 Å². The van der Waals surface area contributed by atoms with Crippen LogP contribution in [0.15, 0.2) is 24.3 Å². The van der Waals surface area contributed by atoms with E-state index in [-0.39, 0.29) is 0 Å². The summed E-state index contributed by atoms with van der Waals surface area (Å²) in [6.07, 6.45) is 4.74. The SMILES string of the molecule is CCCNc1nc(C)cc(Nc2ccc3c(c2)CCC3)n1. The molecule has 0 spiro atoms. The molecule has 2 N–H and O–H groups in total. The summed E-state index contributed by atoms with van der Waals surface area (Å²) in [4.78, 5) is 8.94. The molecular weight excluding hydrogens is 260 g/mol. The predicted molar refractivity (Wildman–Crippen MR) is 87.3 cm³/mol. The molecular formula is C17H22N4. The van der Waals surface area contributed by atoms with Gasteiger partial charge in [-0.05, 0) is 55.9 Å². The third-order valence-electron chi connectivity index (χ3n) is 3.76. The highest BCUT2D eigenvalue weighted by Gasteiger charge is 2.11. The van der Waals surface area contributed by atoms with E-state index in [0.717, 1.165) is 30.2 Å². The lowest BCUT2D eigenvalue weighted by atomic mass is 10.1. The van der Waals surface area contributed by atoms with Gasteiger partial charge in [0.1, 0.15) is 5.82 Å². The van der Waals surface area contributed by atoms with E-state index in [0.29, 0.717) is 5.95 Å². The molecule has 3 rings (SSSR count). The van der Waals surface area contributed by atoms with Crippen LogP contribution < -0.4 is 10.6 Å².